The summed E-state index contributed by atoms with van der Waals surface area (Å²) in [7, 11) is -2.08. The second-order valence-corrected chi connectivity index (χ2v) is 11.5. The highest BCUT2D eigenvalue weighted by molar-refractivity contribution is 7.89. The van der Waals surface area contributed by atoms with Gasteiger partial charge in [0.15, 0.2) is 5.43 Å². The van der Waals surface area contributed by atoms with Gasteiger partial charge in [0.2, 0.25) is 10.0 Å². The van der Waals surface area contributed by atoms with Crippen molar-refractivity contribution in [1.82, 2.24) is 9.21 Å². The minimum atomic E-state index is -3.66. The molecule has 0 aliphatic heterocycles. The molecule has 0 unspecified atom stereocenters. The summed E-state index contributed by atoms with van der Waals surface area (Å²) in [5, 5.41) is 4.76. The van der Waals surface area contributed by atoms with Crippen molar-refractivity contribution in [3.8, 4) is 0 Å². The fraction of sp³-hybridized carbons (Fsp3) is 0.296. The van der Waals surface area contributed by atoms with Crippen LogP contribution in [0.1, 0.15) is 19.4 Å². The van der Waals surface area contributed by atoms with Crippen LogP contribution in [0.4, 0.5) is 5.69 Å². The second kappa shape index (κ2) is 10.9. The van der Waals surface area contributed by atoms with Crippen LogP contribution in [0.15, 0.2) is 76.4 Å². The summed E-state index contributed by atoms with van der Waals surface area (Å²) >= 11 is 1.53. The van der Waals surface area contributed by atoms with Gasteiger partial charge in [0, 0.05) is 47.2 Å². The second-order valence-electron chi connectivity index (χ2n) is 8.43. The third kappa shape index (κ3) is 5.26. The zero-order valence-corrected chi connectivity index (χ0v) is 22.0. The Kier molecular flexibility index (Phi) is 7.86. The molecule has 4 aromatic rings. The maximum absolute atomic E-state index is 13.6. The van der Waals surface area contributed by atoms with E-state index in [9.17, 15) is 13.2 Å². The molecule has 1 N–H and O–H groups in total. The molecule has 3 aromatic carbocycles. The van der Waals surface area contributed by atoms with E-state index in [4.69, 9.17) is 0 Å². The number of benzene rings is 3. The van der Waals surface area contributed by atoms with Crippen LogP contribution in [-0.2, 0) is 16.6 Å². The van der Waals surface area contributed by atoms with Crippen molar-refractivity contribution in [2.24, 2.45) is 0 Å². The third-order valence-corrected chi connectivity index (χ3v) is 9.36. The van der Waals surface area contributed by atoms with Gasteiger partial charge in [0.05, 0.1) is 10.3 Å². The van der Waals surface area contributed by atoms with E-state index in [1.165, 1.54) is 15.6 Å². The Balaban J connectivity index is 1.76. The van der Waals surface area contributed by atoms with Gasteiger partial charge >= 0.3 is 0 Å². The minimum absolute atomic E-state index is 0.0323. The van der Waals surface area contributed by atoms with Crippen LogP contribution in [-0.4, -0.2) is 50.8 Å². The SMILES string of the molecule is CCN(CC)CCNc1ccc(CN(C)S(=O)(=O)c2ccccc2)c2sc3ccccc3c(=O)c12. The molecule has 35 heavy (non-hydrogen) atoms. The van der Waals surface area contributed by atoms with Crippen LogP contribution in [0, 0.1) is 0 Å². The molecule has 4 rings (SSSR count). The number of hydrogen-bond acceptors (Lipinski definition) is 6. The van der Waals surface area contributed by atoms with E-state index < -0.39 is 10.0 Å². The van der Waals surface area contributed by atoms with Crippen molar-refractivity contribution < 1.29 is 8.42 Å². The number of hydrogen-bond donors (Lipinski definition) is 1. The van der Waals surface area contributed by atoms with Crippen LogP contribution in [0.3, 0.4) is 0 Å². The van der Waals surface area contributed by atoms with Crippen molar-refractivity contribution in [2.45, 2.75) is 25.3 Å². The Hall–Kier alpha value is -2.78. The molecule has 0 saturated heterocycles. The van der Waals surface area contributed by atoms with E-state index in [-0.39, 0.29) is 16.9 Å². The van der Waals surface area contributed by atoms with E-state index in [0.717, 1.165) is 46.8 Å². The van der Waals surface area contributed by atoms with Gasteiger partial charge in [-0.05, 0) is 49.0 Å². The molecule has 0 aliphatic carbocycles. The largest absolute Gasteiger partial charge is 0.383 e. The average Bonchev–Trinajstić information content (AvgIpc) is 2.88. The van der Waals surface area contributed by atoms with E-state index in [1.807, 2.05) is 36.4 Å². The van der Waals surface area contributed by atoms with Crippen LogP contribution in [0.2, 0.25) is 0 Å². The molecule has 0 fully saturated rings. The molecule has 1 aromatic heterocycles. The summed E-state index contributed by atoms with van der Waals surface area (Å²) in [5.41, 5.74) is 1.57. The fourth-order valence-corrected chi connectivity index (χ4v) is 6.59. The minimum Gasteiger partial charge on any atom is -0.383 e. The van der Waals surface area contributed by atoms with E-state index in [1.54, 1.807) is 37.4 Å². The zero-order valence-electron chi connectivity index (χ0n) is 20.3. The van der Waals surface area contributed by atoms with E-state index in [0.29, 0.717) is 10.8 Å². The van der Waals surface area contributed by atoms with Crippen molar-refractivity contribution in [3.05, 3.63) is 82.5 Å². The Labute approximate surface area is 210 Å². The molecule has 0 saturated carbocycles. The van der Waals surface area contributed by atoms with Crippen LogP contribution in [0.5, 0.6) is 0 Å². The molecular weight excluding hydrogens is 478 g/mol. The summed E-state index contributed by atoms with van der Waals surface area (Å²) in [5.74, 6) is 0. The number of anilines is 1. The van der Waals surface area contributed by atoms with Gasteiger partial charge in [-0.25, -0.2) is 8.42 Å². The van der Waals surface area contributed by atoms with Crippen molar-refractivity contribution in [2.75, 3.05) is 38.5 Å². The number of nitrogens with zero attached hydrogens (tertiary/aromatic N) is 2. The smallest absolute Gasteiger partial charge is 0.243 e. The molecular formula is C27H31N3O3S2. The molecule has 0 aliphatic rings. The molecule has 0 bridgehead atoms. The zero-order chi connectivity index (χ0) is 25.0. The molecule has 6 nitrogen and oxygen atoms in total. The summed E-state index contributed by atoms with van der Waals surface area (Å²) in [4.78, 5) is 16.2. The fourth-order valence-electron chi connectivity index (χ4n) is 4.21. The van der Waals surface area contributed by atoms with Gasteiger partial charge in [-0.3, -0.25) is 4.79 Å². The molecule has 0 spiro atoms. The molecule has 8 heteroatoms. The standard InChI is InChI=1S/C27H31N3O3S2/c1-4-30(5-2)18-17-28-23-16-15-20(19-29(3)35(32,33)21-11-7-6-8-12-21)27-25(23)26(31)22-13-9-10-14-24(22)34-27/h6-16,28H,4-5,17-19H2,1-3H3. The Morgan fingerprint density at radius 2 is 1.60 bits per heavy atom. The summed E-state index contributed by atoms with van der Waals surface area (Å²) in [6.07, 6.45) is 0. The predicted molar refractivity (Wildman–Crippen MR) is 147 cm³/mol. The first-order valence-corrected chi connectivity index (χ1v) is 14.1. The van der Waals surface area contributed by atoms with Gasteiger partial charge < -0.3 is 10.2 Å². The first-order valence-electron chi connectivity index (χ1n) is 11.8. The first-order chi connectivity index (χ1) is 16.9. The summed E-state index contributed by atoms with van der Waals surface area (Å²) in [6, 6.07) is 19.8. The maximum Gasteiger partial charge on any atom is 0.243 e. The lowest BCUT2D eigenvalue weighted by Gasteiger charge is -2.21. The number of nitrogens with one attached hydrogen (secondary N) is 1. The predicted octanol–water partition coefficient (Wildman–Crippen LogP) is 4.99. The van der Waals surface area contributed by atoms with Gasteiger partial charge in [-0.1, -0.05) is 50.2 Å². The monoisotopic (exact) mass is 509 g/mol. The Bertz CT molecular complexity index is 1480. The number of likely N-dealkylation sites (N-methyl/N-ethyl adjacent to an activating group) is 1. The lowest BCUT2D eigenvalue weighted by molar-refractivity contribution is 0.316. The molecule has 0 atom stereocenters. The lowest BCUT2D eigenvalue weighted by Crippen LogP contribution is -2.29. The average molecular weight is 510 g/mol. The highest BCUT2D eigenvalue weighted by Gasteiger charge is 2.22. The molecule has 184 valence electrons. The number of sulfonamides is 1. The molecule has 0 amide bonds. The van der Waals surface area contributed by atoms with Gasteiger partial charge in [0.1, 0.15) is 0 Å². The molecule has 0 radical (unpaired) electrons. The number of rotatable bonds is 10. The van der Waals surface area contributed by atoms with Crippen LogP contribution >= 0.6 is 11.3 Å². The maximum atomic E-state index is 13.6. The summed E-state index contributed by atoms with van der Waals surface area (Å²) in [6.45, 7) is 7.98. The number of fused-ring (bicyclic) bond motifs is 2. The Morgan fingerprint density at radius 1 is 0.914 bits per heavy atom. The van der Waals surface area contributed by atoms with Crippen molar-refractivity contribution in [1.29, 1.82) is 0 Å². The van der Waals surface area contributed by atoms with Gasteiger partial charge in [0.25, 0.3) is 0 Å². The van der Waals surface area contributed by atoms with Crippen LogP contribution < -0.4 is 10.7 Å². The van der Waals surface area contributed by atoms with E-state index in [2.05, 4.69) is 24.1 Å². The first kappa shape index (κ1) is 25.3. The third-order valence-electron chi connectivity index (χ3n) is 6.29. The highest BCUT2D eigenvalue weighted by Crippen LogP contribution is 2.33. The van der Waals surface area contributed by atoms with Gasteiger partial charge in [-0.15, -0.1) is 11.3 Å². The van der Waals surface area contributed by atoms with Crippen molar-refractivity contribution >= 4 is 47.2 Å². The van der Waals surface area contributed by atoms with E-state index >= 15 is 0 Å². The summed E-state index contributed by atoms with van der Waals surface area (Å²) < 4.78 is 29.3. The lowest BCUT2D eigenvalue weighted by atomic mass is 10.1. The quantitative estimate of drug-likeness (QED) is 0.305. The highest BCUT2D eigenvalue weighted by atomic mass is 32.2. The normalized spacial score (nSPS) is 12.1. The van der Waals surface area contributed by atoms with Gasteiger partial charge in [-0.2, -0.15) is 4.31 Å². The topological polar surface area (TPSA) is 69.7 Å². The molecule has 1 heterocycles. The van der Waals surface area contributed by atoms with Crippen LogP contribution in [0.25, 0.3) is 20.2 Å². The Morgan fingerprint density at radius 3 is 2.31 bits per heavy atom. The van der Waals surface area contributed by atoms with Crippen molar-refractivity contribution in [3.63, 3.8) is 0 Å².